The quantitative estimate of drug-likeness (QED) is 0.116. The van der Waals surface area contributed by atoms with E-state index in [1.807, 2.05) is 6.07 Å². The molecule has 4 aliphatic rings. The summed E-state index contributed by atoms with van der Waals surface area (Å²) in [5.74, 6) is -14.1. The summed E-state index contributed by atoms with van der Waals surface area (Å²) < 4.78 is 71.0. The standard InChI is InChI=1S/C25H17F4I3O6/c26-15-14(21(33)34)16(27)18(29)20(17(15)28)37-23(36)24-4-9-1-10(5-24)7-25(6-9,8-24)38-22(35)12-2-11(30)3-13(31)19(12)32/h2-3,9-10H,1,4-8H2,(H,33,34). The molecule has 4 saturated carbocycles. The summed E-state index contributed by atoms with van der Waals surface area (Å²) in [6.07, 6.45) is 2.47. The maximum atomic E-state index is 14.5. The number of carboxylic acid groups (broad SMARTS) is 1. The van der Waals surface area contributed by atoms with E-state index in [9.17, 15) is 31.9 Å². The molecule has 4 bridgehead atoms. The first-order chi connectivity index (χ1) is 17.8. The molecule has 0 amide bonds. The Morgan fingerprint density at radius 1 is 0.895 bits per heavy atom. The van der Waals surface area contributed by atoms with Gasteiger partial charge < -0.3 is 14.6 Å². The smallest absolute Gasteiger partial charge is 0.341 e. The Balaban J connectivity index is 1.45. The predicted molar refractivity (Wildman–Crippen MR) is 149 cm³/mol. The van der Waals surface area contributed by atoms with E-state index >= 15 is 0 Å². The lowest BCUT2D eigenvalue weighted by Gasteiger charge is -2.59. The van der Waals surface area contributed by atoms with Crippen molar-refractivity contribution in [3.63, 3.8) is 0 Å². The zero-order valence-electron chi connectivity index (χ0n) is 19.2. The zero-order chi connectivity index (χ0) is 27.7. The molecule has 13 heteroatoms. The normalized spacial score (nSPS) is 27.3. The molecular formula is C25H17F4I3O6. The zero-order valence-corrected chi connectivity index (χ0v) is 25.7. The van der Waals surface area contributed by atoms with Crippen LogP contribution in [0.5, 0.6) is 5.75 Å². The highest BCUT2D eigenvalue weighted by molar-refractivity contribution is 14.1. The van der Waals surface area contributed by atoms with Crippen LogP contribution in [0.3, 0.4) is 0 Å². The Morgan fingerprint density at radius 2 is 1.47 bits per heavy atom. The third-order valence-electron chi connectivity index (χ3n) is 7.59. The van der Waals surface area contributed by atoms with E-state index < -0.39 is 63.5 Å². The first-order valence-corrected chi connectivity index (χ1v) is 14.7. The van der Waals surface area contributed by atoms with Crippen molar-refractivity contribution < 1.29 is 46.5 Å². The summed E-state index contributed by atoms with van der Waals surface area (Å²) in [5.41, 5.74) is -3.71. The average Bonchev–Trinajstić information content (AvgIpc) is 2.81. The predicted octanol–water partition coefficient (Wildman–Crippen LogP) is 6.86. The van der Waals surface area contributed by atoms with Gasteiger partial charge in [0.25, 0.3) is 0 Å². The largest absolute Gasteiger partial charge is 0.477 e. The van der Waals surface area contributed by atoms with Crippen molar-refractivity contribution in [1.29, 1.82) is 0 Å². The molecule has 202 valence electrons. The van der Waals surface area contributed by atoms with Gasteiger partial charge in [-0.1, -0.05) is 0 Å². The lowest BCUT2D eigenvalue weighted by atomic mass is 9.48. The summed E-state index contributed by atoms with van der Waals surface area (Å²) in [5, 5.41) is 8.89. The lowest BCUT2D eigenvalue weighted by molar-refractivity contribution is -0.190. The summed E-state index contributed by atoms with van der Waals surface area (Å²) >= 11 is 6.29. The number of benzene rings is 2. The van der Waals surface area contributed by atoms with E-state index in [1.54, 1.807) is 6.07 Å². The first-order valence-electron chi connectivity index (χ1n) is 11.5. The molecule has 1 N–H and O–H groups in total. The minimum absolute atomic E-state index is 0.0238. The number of aromatic carboxylic acids is 1. The van der Waals surface area contributed by atoms with Crippen molar-refractivity contribution in [2.24, 2.45) is 17.3 Å². The number of halogens is 7. The Labute approximate surface area is 254 Å². The van der Waals surface area contributed by atoms with Gasteiger partial charge in [0.1, 0.15) is 11.2 Å². The Hall–Kier alpha value is -1.24. The highest BCUT2D eigenvalue weighted by Gasteiger charge is 2.63. The monoisotopic (exact) mass is 870 g/mol. The maximum absolute atomic E-state index is 14.5. The van der Waals surface area contributed by atoms with Gasteiger partial charge in [-0.15, -0.1) is 0 Å². The van der Waals surface area contributed by atoms with Gasteiger partial charge in [-0.2, -0.15) is 8.78 Å². The molecule has 2 atom stereocenters. The van der Waals surface area contributed by atoms with Gasteiger partial charge in [-0.25, -0.2) is 18.4 Å². The highest BCUT2D eigenvalue weighted by Crippen LogP contribution is 2.63. The number of carbonyl (C=O) groups excluding carboxylic acids is 2. The number of carboxylic acids is 1. The number of hydrogen-bond acceptors (Lipinski definition) is 5. The van der Waals surface area contributed by atoms with E-state index in [0.717, 1.165) is 17.1 Å². The van der Waals surface area contributed by atoms with E-state index in [1.165, 1.54) is 0 Å². The molecule has 6 nitrogen and oxygen atoms in total. The van der Waals surface area contributed by atoms with Crippen molar-refractivity contribution >= 4 is 85.7 Å². The molecule has 4 fully saturated rings. The number of ether oxygens (including phenoxy) is 2. The Bertz CT molecular complexity index is 1370. The fourth-order valence-corrected chi connectivity index (χ4v) is 8.96. The lowest BCUT2D eigenvalue weighted by Crippen LogP contribution is -2.60. The van der Waals surface area contributed by atoms with Crippen molar-refractivity contribution in [2.45, 2.75) is 44.1 Å². The highest BCUT2D eigenvalue weighted by atomic mass is 127. The van der Waals surface area contributed by atoms with Gasteiger partial charge in [0, 0.05) is 17.1 Å². The van der Waals surface area contributed by atoms with Crippen molar-refractivity contribution in [2.75, 3.05) is 0 Å². The average molecular weight is 870 g/mol. The van der Waals surface area contributed by atoms with Crippen LogP contribution in [0.25, 0.3) is 0 Å². The van der Waals surface area contributed by atoms with Crippen LogP contribution in [-0.4, -0.2) is 28.6 Å². The van der Waals surface area contributed by atoms with Gasteiger partial charge in [0.05, 0.1) is 11.0 Å². The molecule has 0 saturated heterocycles. The van der Waals surface area contributed by atoms with Crippen molar-refractivity contribution in [3.05, 3.63) is 57.2 Å². The third kappa shape index (κ3) is 4.71. The molecule has 38 heavy (non-hydrogen) atoms. The van der Waals surface area contributed by atoms with Crippen LogP contribution in [0.15, 0.2) is 12.1 Å². The number of rotatable bonds is 5. The summed E-state index contributed by atoms with van der Waals surface area (Å²) in [7, 11) is 0. The summed E-state index contributed by atoms with van der Waals surface area (Å²) in [6.45, 7) is 0. The molecule has 0 radical (unpaired) electrons. The van der Waals surface area contributed by atoms with Gasteiger partial charge in [-0.3, -0.25) is 4.79 Å². The van der Waals surface area contributed by atoms with Crippen LogP contribution in [0.1, 0.15) is 59.2 Å². The molecule has 4 aliphatic carbocycles. The van der Waals surface area contributed by atoms with Crippen LogP contribution in [0, 0.1) is 51.2 Å². The van der Waals surface area contributed by atoms with Gasteiger partial charge in [0.15, 0.2) is 11.6 Å². The third-order valence-corrected chi connectivity index (χ3v) is 11.3. The molecule has 0 spiro atoms. The van der Waals surface area contributed by atoms with Gasteiger partial charge in [-0.05, 0) is 124 Å². The van der Waals surface area contributed by atoms with Crippen molar-refractivity contribution in [3.8, 4) is 5.75 Å². The molecule has 2 aromatic rings. The van der Waals surface area contributed by atoms with Crippen LogP contribution in [0.4, 0.5) is 17.6 Å². The van der Waals surface area contributed by atoms with Crippen molar-refractivity contribution in [1.82, 2.24) is 0 Å². The molecule has 0 aliphatic heterocycles. The van der Waals surface area contributed by atoms with Gasteiger partial charge >= 0.3 is 17.9 Å². The van der Waals surface area contributed by atoms with Crippen LogP contribution < -0.4 is 4.74 Å². The van der Waals surface area contributed by atoms with Crippen LogP contribution in [0.2, 0.25) is 0 Å². The maximum Gasteiger partial charge on any atom is 0.341 e. The van der Waals surface area contributed by atoms with Gasteiger partial charge in [0.2, 0.25) is 17.4 Å². The minimum Gasteiger partial charge on any atom is -0.477 e. The minimum atomic E-state index is -2.21. The number of esters is 2. The number of carbonyl (C=O) groups is 3. The van der Waals surface area contributed by atoms with Crippen LogP contribution >= 0.6 is 67.8 Å². The first kappa shape index (κ1) is 28.3. The second-order valence-electron chi connectivity index (χ2n) is 10.2. The number of hydrogen-bond donors (Lipinski definition) is 1. The Morgan fingerprint density at radius 3 is 2.03 bits per heavy atom. The summed E-state index contributed by atoms with van der Waals surface area (Å²) in [6, 6.07) is 3.63. The van der Waals surface area contributed by atoms with E-state index in [-0.39, 0.29) is 18.3 Å². The molecule has 0 heterocycles. The fraction of sp³-hybridized carbons (Fsp3) is 0.400. The van der Waals surface area contributed by atoms with Crippen LogP contribution in [-0.2, 0) is 9.53 Å². The molecule has 2 unspecified atom stereocenters. The van der Waals surface area contributed by atoms with E-state index in [2.05, 4.69) is 67.8 Å². The molecular weight excluding hydrogens is 853 g/mol. The Kier molecular flexibility index (Phi) is 7.44. The van der Waals surface area contributed by atoms with E-state index in [4.69, 9.17) is 14.6 Å². The molecule has 6 rings (SSSR count). The topological polar surface area (TPSA) is 89.9 Å². The molecule has 2 aromatic carbocycles. The fourth-order valence-electron chi connectivity index (χ4n) is 6.58. The SMILES string of the molecule is O=C(OC12CC3CC(C1)CC(C(=O)Oc1c(F)c(F)c(C(=O)O)c(F)c1F)(C3)C2)c1cc(I)cc(I)c1I. The molecule has 0 aromatic heterocycles. The second kappa shape index (κ2) is 9.99. The summed E-state index contributed by atoms with van der Waals surface area (Å²) in [4.78, 5) is 37.7. The van der Waals surface area contributed by atoms with E-state index in [0.29, 0.717) is 31.2 Å². The second-order valence-corrected chi connectivity index (χ2v) is 13.7.